The molecule has 0 amide bonds. The van der Waals surface area contributed by atoms with E-state index in [0.717, 1.165) is 55.6 Å². The summed E-state index contributed by atoms with van der Waals surface area (Å²) < 4.78 is 72.5. The molecule has 8 nitrogen and oxygen atoms in total. The molecule has 1 atom stereocenters. The molecule has 0 spiro atoms. The maximum absolute atomic E-state index is 14.8. The number of pyridine rings is 1. The Morgan fingerprint density at radius 3 is 2.57 bits per heavy atom. The number of aromatic amines is 1. The van der Waals surface area contributed by atoms with Crippen LogP contribution >= 0.6 is 11.6 Å². The first-order valence-corrected chi connectivity index (χ1v) is 15.5. The molecule has 2 aromatic heterocycles. The van der Waals surface area contributed by atoms with Crippen LogP contribution in [0, 0.1) is 5.82 Å². The molecule has 0 unspecified atom stereocenters. The standard InChI is InChI=1S/C33H32ClF4N5O3/c1-31(24-7-6-22(34)15-25(24)35)45-27-5-3-4-23(28(27)46-31)19-8-12-43(13-9-19)18-26-20(16-32(44-2)10-11-32)14-21(17-39-26)29-40-30(42-41-29)33(36,37)38/h3-7,14-15,17,19H,8-13,16,18H2,1-2H3,(H,40,41,42)/t31-/m0/s1. The maximum atomic E-state index is 14.8. The van der Waals surface area contributed by atoms with Gasteiger partial charge < -0.3 is 14.2 Å². The summed E-state index contributed by atoms with van der Waals surface area (Å²) in [5, 5.41) is 6.06. The number of alkyl halides is 3. The second-order valence-electron chi connectivity index (χ2n) is 12.4. The molecule has 0 bridgehead atoms. The molecule has 1 aliphatic carbocycles. The van der Waals surface area contributed by atoms with Gasteiger partial charge in [-0.3, -0.25) is 15.0 Å². The van der Waals surface area contributed by atoms with Crippen molar-refractivity contribution in [2.24, 2.45) is 0 Å². The molecule has 1 saturated heterocycles. The number of likely N-dealkylation sites (tertiary alicyclic amines) is 1. The number of methoxy groups -OCH3 is 1. The van der Waals surface area contributed by atoms with Crippen molar-refractivity contribution in [2.45, 2.75) is 69.1 Å². The van der Waals surface area contributed by atoms with Gasteiger partial charge in [0.1, 0.15) is 5.82 Å². The Morgan fingerprint density at radius 2 is 1.89 bits per heavy atom. The van der Waals surface area contributed by atoms with Gasteiger partial charge in [0.2, 0.25) is 5.82 Å². The molecule has 46 heavy (non-hydrogen) atoms. The van der Waals surface area contributed by atoms with E-state index in [0.29, 0.717) is 35.1 Å². The quantitative estimate of drug-likeness (QED) is 0.197. The van der Waals surface area contributed by atoms with Crippen molar-refractivity contribution >= 4 is 11.6 Å². The van der Waals surface area contributed by atoms with Crippen LogP contribution in [0.1, 0.15) is 66.7 Å². The zero-order chi connectivity index (χ0) is 32.3. The van der Waals surface area contributed by atoms with Crippen LogP contribution < -0.4 is 9.47 Å². The highest BCUT2D eigenvalue weighted by atomic mass is 35.5. The highest BCUT2D eigenvalue weighted by Gasteiger charge is 2.44. The highest BCUT2D eigenvalue weighted by molar-refractivity contribution is 6.30. The van der Waals surface area contributed by atoms with Crippen LogP contribution in [0.4, 0.5) is 17.6 Å². The van der Waals surface area contributed by atoms with Gasteiger partial charge in [-0.05, 0) is 80.6 Å². The van der Waals surface area contributed by atoms with Gasteiger partial charge in [0.25, 0.3) is 5.79 Å². The normalized spacial score (nSPS) is 21.1. The van der Waals surface area contributed by atoms with E-state index in [2.05, 4.69) is 15.0 Å². The fourth-order valence-corrected chi connectivity index (χ4v) is 6.62. The molecule has 0 radical (unpaired) electrons. The summed E-state index contributed by atoms with van der Waals surface area (Å²) in [5.41, 5.74) is 3.21. The Kier molecular flexibility index (Phi) is 7.72. The minimum absolute atomic E-state index is 0.0489. The summed E-state index contributed by atoms with van der Waals surface area (Å²) in [6.45, 7) is 3.89. The first-order valence-electron chi connectivity index (χ1n) is 15.2. The Labute approximate surface area is 268 Å². The lowest BCUT2D eigenvalue weighted by atomic mass is 9.88. The van der Waals surface area contributed by atoms with Gasteiger partial charge in [0.15, 0.2) is 17.3 Å². The number of benzene rings is 2. The van der Waals surface area contributed by atoms with E-state index in [4.69, 9.17) is 30.8 Å². The number of H-pyrrole nitrogens is 1. The summed E-state index contributed by atoms with van der Waals surface area (Å²) in [5.74, 6) is -1.59. The molecule has 4 heterocycles. The van der Waals surface area contributed by atoms with Gasteiger partial charge in [-0.1, -0.05) is 23.7 Å². The number of nitrogens with zero attached hydrogens (tertiary/aromatic N) is 4. The third kappa shape index (κ3) is 5.93. The number of fused-ring (bicyclic) bond motifs is 1. The smallest absolute Gasteiger partial charge is 0.444 e. The predicted octanol–water partition coefficient (Wildman–Crippen LogP) is 7.42. The summed E-state index contributed by atoms with van der Waals surface area (Å²) in [4.78, 5) is 10.7. The number of rotatable bonds is 8. The molecule has 2 aliphatic heterocycles. The first kappa shape index (κ1) is 30.9. The van der Waals surface area contributed by atoms with Crippen LogP contribution in [0.15, 0.2) is 48.7 Å². The van der Waals surface area contributed by atoms with Crippen LogP contribution in [0.2, 0.25) is 5.02 Å². The Bertz CT molecular complexity index is 1770. The van der Waals surface area contributed by atoms with Gasteiger partial charge in [-0.15, -0.1) is 0 Å². The van der Waals surface area contributed by atoms with E-state index in [1.54, 1.807) is 26.2 Å². The van der Waals surface area contributed by atoms with E-state index in [1.807, 2.05) is 29.4 Å². The van der Waals surface area contributed by atoms with Gasteiger partial charge >= 0.3 is 6.18 Å². The maximum Gasteiger partial charge on any atom is 0.451 e. The number of ether oxygens (including phenoxy) is 3. The lowest BCUT2D eigenvalue weighted by Crippen LogP contribution is -2.34. The summed E-state index contributed by atoms with van der Waals surface area (Å²) >= 11 is 5.97. The lowest BCUT2D eigenvalue weighted by Gasteiger charge is -2.33. The largest absolute Gasteiger partial charge is 0.451 e. The van der Waals surface area contributed by atoms with E-state index < -0.39 is 23.6 Å². The summed E-state index contributed by atoms with van der Waals surface area (Å²) in [7, 11) is 1.68. The van der Waals surface area contributed by atoms with Crippen molar-refractivity contribution < 1.29 is 31.8 Å². The molecule has 4 aromatic rings. The Hall–Kier alpha value is -3.74. The molecule has 13 heteroatoms. The molecule has 2 fully saturated rings. The fraction of sp³-hybridized carbons (Fsp3) is 0.424. The predicted molar refractivity (Wildman–Crippen MR) is 161 cm³/mol. The minimum atomic E-state index is -4.62. The average molecular weight is 658 g/mol. The number of para-hydroxylation sites is 1. The SMILES string of the molecule is COC1(Cc2cc(-c3n[nH]c(C(F)(F)F)n3)cnc2CN2CCC(c3cccc4c3O[C@@](C)(c3ccc(Cl)cc3F)O4)CC2)CC1. The van der Waals surface area contributed by atoms with Crippen molar-refractivity contribution in [3.05, 3.63) is 87.7 Å². The van der Waals surface area contributed by atoms with Crippen molar-refractivity contribution in [1.82, 2.24) is 25.1 Å². The second kappa shape index (κ2) is 11.5. The van der Waals surface area contributed by atoms with Crippen molar-refractivity contribution in [2.75, 3.05) is 20.2 Å². The number of hydrogen-bond donors (Lipinski definition) is 1. The number of piperidine rings is 1. The topological polar surface area (TPSA) is 85.4 Å². The van der Waals surface area contributed by atoms with Crippen LogP contribution in [-0.4, -0.2) is 50.9 Å². The van der Waals surface area contributed by atoms with Crippen LogP contribution in [0.25, 0.3) is 11.4 Å². The van der Waals surface area contributed by atoms with Gasteiger partial charge in [-0.25, -0.2) is 9.37 Å². The fourth-order valence-electron chi connectivity index (χ4n) is 6.46. The third-order valence-corrected chi connectivity index (χ3v) is 9.49. The van der Waals surface area contributed by atoms with Crippen molar-refractivity contribution in [3.63, 3.8) is 0 Å². The molecular formula is C33H32ClF4N5O3. The zero-order valence-corrected chi connectivity index (χ0v) is 26.0. The minimum Gasteiger partial charge on any atom is -0.444 e. The van der Waals surface area contributed by atoms with Gasteiger partial charge in [0, 0.05) is 49.3 Å². The van der Waals surface area contributed by atoms with E-state index in [-0.39, 0.29) is 22.9 Å². The molecule has 1 N–H and O–H groups in total. The van der Waals surface area contributed by atoms with Crippen LogP contribution in [-0.2, 0) is 29.7 Å². The summed E-state index contributed by atoms with van der Waals surface area (Å²) in [6.07, 6.45) is 1.06. The Morgan fingerprint density at radius 1 is 1.11 bits per heavy atom. The molecule has 3 aliphatic rings. The number of nitrogens with one attached hydrogen (secondary N) is 1. The number of aromatic nitrogens is 4. The Balaban J connectivity index is 1.06. The third-order valence-electron chi connectivity index (χ3n) is 9.26. The monoisotopic (exact) mass is 657 g/mol. The zero-order valence-electron chi connectivity index (χ0n) is 25.3. The van der Waals surface area contributed by atoms with Gasteiger partial charge in [-0.2, -0.15) is 18.3 Å². The summed E-state index contributed by atoms with van der Waals surface area (Å²) in [6, 6.07) is 12.1. The molecule has 2 aromatic carbocycles. The molecule has 1 saturated carbocycles. The van der Waals surface area contributed by atoms with Crippen molar-refractivity contribution in [1.29, 1.82) is 0 Å². The average Bonchev–Trinajstić information content (AvgIpc) is 3.42. The lowest BCUT2D eigenvalue weighted by molar-refractivity contribution is -0.144. The van der Waals surface area contributed by atoms with Crippen LogP contribution in [0.3, 0.4) is 0 Å². The van der Waals surface area contributed by atoms with Crippen molar-refractivity contribution in [3.8, 4) is 22.9 Å². The van der Waals surface area contributed by atoms with E-state index in [9.17, 15) is 17.6 Å². The van der Waals surface area contributed by atoms with Crippen LogP contribution in [0.5, 0.6) is 11.5 Å². The first-order chi connectivity index (χ1) is 22.0. The second-order valence-corrected chi connectivity index (χ2v) is 12.8. The molecule has 242 valence electrons. The molecular weight excluding hydrogens is 626 g/mol. The number of halogens is 5. The van der Waals surface area contributed by atoms with E-state index >= 15 is 0 Å². The van der Waals surface area contributed by atoms with E-state index in [1.165, 1.54) is 12.3 Å². The van der Waals surface area contributed by atoms with Gasteiger partial charge in [0.05, 0.1) is 16.9 Å². The molecule has 7 rings (SSSR count). The number of hydrogen-bond acceptors (Lipinski definition) is 7. The highest BCUT2D eigenvalue weighted by Crippen LogP contribution is 2.50.